The standard InChI is InChI=1S/C12H13ClN2O/c1-8-5-3-4-6-9(8)12(16)11-10(13)7-14-15(11)2/h3-7,12,16H,1-2H3. The Kier molecular flexibility index (Phi) is 2.99. The number of hydrogen-bond acceptors (Lipinski definition) is 2. The van der Waals surface area contributed by atoms with Crippen molar-refractivity contribution in [1.82, 2.24) is 9.78 Å². The quantitative estimate of drug-likeness (QED) is 0.870. The number of aliphatic hydroxyl groups is 1. The Hall–Kier alpha value is -1.32. The first-order valence-corrected chi connectivity index (χ1v) is 5.40. The summed E-state index contributed by atoms with van der Waals surface area (Å²) in [5.74, 6) is 0. The fraction of sp³-hybridized carbons (Fsp3) is 0.250. The SMILES string of the molecule is Cc1ccccc1C(O)c1c(Cl)cnn1C. The minimum absolute atomic E-state index is 0.484. The molecule has 1 atom stereocenters. The molecule has 0 fully saturated rings. The molecule has 0 spiro atoms. The first-order chi connectivity index (χ1) is 7.61. The summed E-state index contributed by atoms with van der Waals surface area (Å²) >= 11 is 6.00. The molecule has 2 rings (SSSR count). The summed E-state index contributed by atoms with van der Waals surface area (Å²) < 4.78 is 1.60. The molecule has 2 aromatic rings. The van der Waals surface area contributed by atoms with Crippen LogP contribution in [0.5, 0.6) is 0 Å². The Morgan fingerprint density at radius 3 is 2.62 bits per heavy atom. The van der Waals surface area contributed by atoms with Crippen molar-refractivity contribution >= 4 is 11.6 Å². The van der Waals surface area contributed by atoms with Crippen LogP contribution in [0.2, 0.25) is 5.02 Å². The Bertz CT molecular complexity index is 488. The van der Waals surface area contributed by atoms with E-state index in [0.29, 0.717) is 10.7 Å². The summed E-state index contributed by atoms with van der Waals surface area (Å²) in [5, 5.41) is 14.8. The molecule has 4 heteroatoms. The van der Waals surface area contributed by atoms with Crippen LogP contribution in [0, 0.1) is 6.92 Å². The van der Waals surface area contributed by atoms with E-state index < -0.39 is 6.10 Å². The average Bonchev–Trinajstić information content (AvgIpc) is 2.58. The normalized spacial score (nSPS) is 12.8. The van der Waals surface area contributed by atoms with Crippen molar-refractivity contribution in [2.24, 2.45) is 7.05 Å². The number of hydrogen-bond donors (Lipinski definition) is 1. The van der Waals surface area contributed by atoms with Gasteiger partial charge in [-0.3, -0.25) is 4.68 Å². The molecular formula is C12H13ClN2O. The second-order valence-electron chi connectivity index (χ2n) is 3.76. The number of benzene rings is 1. The van der Waals surface area contributed by atoms with Crippen molar-refractivity contribution in [3.8, 4) is 0 Å². The van der Waals surface area contributed by atoms with Gasteiger partial charge in [-0.05, 0) is 18.1 Å². The largest absolute Gasteiger partial charge is 0.382 e. The van der Waals surface area contributed by atoms with E-state index in [1.807, 2.05) is 31.2 Å². The van der Waals surface area contributed by atoms with E-state index in [-0.39, 0.29) is 0 Å². The van der Waals surface area contributed by atoms with Crippen molar-refractivity contribution in [2.75, 3.05) is 0 Å². The number of rotatable bonds is 2. The Labute approximate surface area is 99.3 Å². The molecule has 0 bridgehead atoms. The second kappa shape index (κ2) is 4.28. The molecule has 0 aliphatic rings. The molecule has 1 unspecified atom stereocenters. The van der Waals surface area contributed by atoms with E-state index in [1.54, 1.807) is 17.9 Å². The maximum absolute atomic E-state index is 10.3. The number of halogens is 1. The van der Waals surface area contributed by atoms with E-state index in [2.05, 4.69) is 5.10 Å². The van der Waals surface area contributed by atoms with Gasteiger partial charge in [0.25, 0.3) is 0 Å². The van der Waals surface area contributed by atoms with Gasteiger partial charge in [-0.25, -0.2) is 0 Å². The summed E-state index contributed by atoms with van der Waals surface area (Å²) in [5.41, 5.74) is 2.51. The first-order valence-electron chi connectivity index (χ1n) is 5.02. The van der Waals surface area contributed by atoms with Crippen LogP contribution in [0.15, 0.2) is 30.5 Å². The minimum atomic E-state index is -0.735. The highest BCUT2D eigenvalue weighted by atomic mass is 35.5. The van der Waals surface area contributed by atoms with E-state index >= 15 is 0 Å². The Morgan fingerprint density at radius 2 is 2.06 bits per heavy atom. The van der Waals surface area contributed by atoms with Gasteiger partial charge in [-0.15, -0.1) is 0 Å². The van der Waals surface area contributed by atoms with Crippen LogP contribution in [-0.2, 0) is 7.05 Å². The highest BCUT2D eigenvalue weighted by molar-refractivity contribution is 6.31. The summed E-state index contributed by atoms with van der Waals surface area (Å²) in [6.07, 6.45) is 0.805. The van der Waals surface area contributed by atoms with Crippen LogP contribution < -0.4 is 0 Å². The molecule has 0 radical (unpaired) electrons. The lowest BCUT2D eigenvalue weighted by atomic mass is 10.0. The molecule has 1 aromatic heterocycles. The third-order valence-electron chi connectivity index (χ3n) is 2.68. The third-order valence-corrected chi connectivity index (χ3v) is 2.97. The van der Waals surface area contributed by atoms with E-state index in [9.17, 15) is 5.11 Å². The monoisotopic (exact) mass is 236 g/mol. The van der Waals surface area contributed by atoms with Crippen molar-refractivity contribution in [2.45, 2.75) is 13.0 Å². The van der Waals surface area contributed by atoms with E-state index in [4.69, 9.17) is 11.6 Å². The Morgan fingerprint density at radius 1 is 1.38 bits per heavy atom. The molecule has 0 saturated heterocycles. The van der Waals surface area contributed by atoms with Crippen LogP contribution in [0.1, 0.15) is 22.9 Å². The lowest BCUT2D eigenvalue weighted by Gasteiger charge is -2.14. The van der Waals surface area contributed by atoms with Gasteiger partial charge in [-0.2, -0.15) is 5.10 Å². The zero-order valence-electron chi connectivity index (χ0n) is 9.18. The summed E-state index contributed by atoms with van der Waals surface area (Å²) in [7, 11) is 1.77. The smallest absolute Gasteiger partial charge is 0.122 e. The zero-order valence-corrected chi connectivity index (χ0v) is 9.94. The van der Waals surface area contributed by atoms with Gasteiger partial charge in [0.1, 0.15) is 6.10 Å². The predicted molar refractivity (Wildman–Crippen MR) is 63.5 cm³/mol. The van der Waals surface area contributed by atoms with Gasteiger partial charge in [-0.1, -0.05) is 35.9 Å². The lowest BCUT2D eigenvalue weighted by Crippen LogP contribution is -2.08. The average molecular weight is 237 g/mol. The molecule has 1 N–H and O–H groups in total. The fourth-order valence-corrected chi connectivity index (χ4v) is 2.04. The maximum Gasteiger partial charge on any atom is 0.122 e. The van der Waals surface area contributed by atoms with Gasteiger partial charge in [0, 0.05) is 7.05 Å². The molecule has 0 aliphatic carbocycles. The third kappa shape index (κ3) is 1.84. The highest BCUT2D eigenvalue weighted by Crippen LogP contribution is 2.29. The first kappa shape index (κ1) is 11.2. The summed E-state index contributed by atoms with van der Waals surface area (Å²) in [4.78, 5) is 0. The van der Waals surface area contributed by atoms with Crippen LogP contribution >= 0.6 is 11.6 Å². The number of aromatic nitrogens is 2. The fourth-order valence-electron chi connectivity index (χ4n) is 1.77. The topological polar surface area (TPSA) is 38.1 Å². The predicted octanol–water partition coefficient (Wildman–Crippen LogP) is 2.46. The van der Waals surface area contributed by atoms with Gasteiger partial charge in [0.05, 0.1) is 16.9 Å². The summed E-state index contributed by atoms with van der Waals surface area (Å²) in [6.45, 7) is 1.96. The number of nitrogens with zero attached hydrogens (tertiary/aromatic N) is 2. The molecule has 16 heavy (non-hydrogen) atoms. The second-order valence-corrected chi connectivity index (χ2v) is 4.17. The van der Waals surface area contributed by atoms with Gasteiger partial charge < -0.3 is 5.11 Å². The van der Waals surface area contributed by atoms with Crippen molar-refractivity contribution in [3.63, 3.8) is 0 Å². The number of aryl methyl sites for hydroxylation is 2. The van der Waals surface area contributed by atoms with E-state index in [1.165, 1.54) is 0 Å². The Balaban J connectivity index is 2.47. The molecule has 0 aliphatic heterocycles. The number of aliphatic hydroxyl groups excluding tert-OH is 1. The molecule has 0 amide bonds. The van der Waals surface area contributed by atoms with Gasteiger partial charge in [0.2, 0.25) is 0 Å². The van der Waals surface area contributed by atoms with Crippen LogP contribution in [0.4, 0.5) is 0 Å². The van der Waals surface area contributed by atoms with Crippen LogP contribution in [-0.4, -0.2) is 14.9 Å². The van der Waals surface area contributed by atoms with Crippen molar-refractivity contribution < 1.29 is 5.11 Å². The van der Waals surface area contributed by atoms with Gasteiger partial charge in [0.15, 0.2) is 0 Å². The van der Waals surface area contributed by atoms with Crippen molar-refractivity contribution in [1.29, 1.82) is 0 Å². The molecular weight excluding hydrogens is 224 g/mol. The van der Waals surface area contributed by atoms with Crippen LogP contribution in [0.25, 0.3) is 0 Å². The maximum atomic E-state index is 10.3. The molecule has 1 heterocycles. The highest BCUT2D eigenvalue weighted by Gasteiger charge is 2.19. The summed E-state index contributed by atoms with van der Waals surface area (Å²) in [6, 6.07) is 7.69. The molecule has 3 nitrogen and oxygen atoms in total. The van der Waals surface area contributed by atoms with E-state index in [0.717, 1.165) is 11.1 Å². The van der Waals surface area contributed by atoms with Crippen molar-refractivity contribution in [3.05, 3.63) is 52.3 Å². The lowest BCUT2D eigenvalue weighted by molar-refractivity contribution is 0.209. The minimum Gasteiger partial charge on any atom is -0.382 e. The van der Waals surface area contributed by atoms with Gasteiger partial charge >= 0.3 is 0 Å². The molecule has 0 saturated carbocycles. The molecule has 84 valence electrons. The van der Waals surface area contributed by atoms with Crippen LogP contribution in [0.3, 0.4) is 0 Å². The zero-order chi connectivity index (χ0) is 11.7. The molecule has 1 aromatic carbocycles.